The summed E-state index contributed by atoms with van der Waals surface area (Å²) in [5.74, 6) is -1.52. The number of allylic oxidation sites excluding steroid dienone is 2. The van der Waals surface area contributed by atoms with Crippen molar-refractivity contribution in [3.8, 4) is 22.6 Å². The predicted molar refractivity (Wildman–Crippen MR) is 128 cm³/mol. The summed E-state index contributed by atoms with van der Waals surface area (Å²) in [5.41, 5.74) is 4.42. The molecule has 0 radical (unpaired) electrons. The van der Waals surface area contributed by atoms with Crippen LogP contribution in [-0.2, 0) is 19.4 Å². The lowest BCUT2D eigenvalue weighted by Crippen LogP contribution is -2.27. The van der Waals surface area contributed by atoms with Crippen LogP contribution in [0, 0.1) is 11.6 Å². The van der Waals surface area contributed by atoms with Crippen molar-refractivity contribution in [1.82, 2.24) is 19.7 Å². The van der Waals surface area contributed by atoms with E-state index in [1.165, 1.54) is 20.3 Å². The number of nitrogens with zero attached hydrogens (tertiary/aromatic N) is 4. The summed E-state index contributed by atoms with van der Waals surface area (Å²) in [6.07, 6.45) is 8.34. The molecule has 0 saturated carbocycles. The van der Waals surface area contributed by atoms with Gasteiger partial charge in [0.15, 0.2) is 23.1 Å². The number of pyridine rings is 1. The summed E-state index contributed by atoms with van der Waals surface area (Å²) in [5, 5.41) is 4.50. The number of ether oxygens (including phenoxy) is 2. The Labute approximate surface area is 198 Å². The van der Waals surface area contributed by atoms with Crippen LogP contribution in [0.1, 0.15) is 30.7 Å². The summed E-state index contributed by atoms with van der Waals surface area (Å²) in [6.45, 7) is 8.06. The maximum Gasteiger partial charge on any atom is 0.171 e. The van der Waals surface area contributed by atoms with Gasteiger partial charge in [0.2, 0.25) is 0 Å². The Balaban J connectivity index is 1.58. The highest BCUT2D eigenvalue weighted by molar-refractivity contribution is 5.77. The monoisotopic (exact) mass is 468 g/mol. The minimum atomic E-state index is -0.714. The van der Waals surface area contributed by atoms with E-state index < -0.39 is 11.6 Å². The van der Waals surface area contributed by atoms with E-state index in [-0.39, 0.29) is 23.5 Å². The third kappa shape index (κ3) is 4.68. The van der Waals surface area contributed by atoms with E-state index in [9.17, 15) is 8.78 Å². The number of fused-ring (bicyclic) bond motifs is 1. The van der Waals surface area contributed by atoms with Gasteiger partial charge in [0.05, 0.1) is 32.7 Å². The molecule has 0 saturated heterocycles. The van der Waals surface area contributed by atoms with Crippen molar-refractivity contribution in [3.05, 3.63) is 65.3 Å². The zero-order chi connectivity index (χ0) is 24.2. The van der Waals surface area contributed by atoms with Crippen LogP contribution in [0.25, 0.3) is 16.7 Å². The second kappa shape index (κ2) is 10.3. The third-order valence-electron chi connectivity index (χ3n) is 6.40. The number of hydrogen-bond acceptors (Lipinski definition) is 5. The lowest BCUT2D eigenvalue weighted by atomic mass is 9.97. The largest absolute Gasteiger partial charge is 0.494 e. The van der Waals surface area contributed by atoms with Gasteiger partial charge in [0.1, 0.15) is 0 Å². The molecule has 34 heavy (non-hydrogen) atoms. The Morgan fingerprint density at radius 3 is 2.35 bits per heavy atom. The van der Waals surface area contributed by atoms with Gasteiger partial charge >= 0.3 is 0 Å². The first-order valence-corrected chi connectivity index (χ1v) is 11.5. The van der Waals surface area contributed by atoms with Gasteiger partial charge in [-0.05, 0) is 24.7 Å². The molecule has 0 fully saturated rings. The fourth-order valence-corrected chi connectivity index (χ4v) is 4.29. The summed E-state index contributed by atoms with van der Waals surface area (Å²) in [4.78, 5) is 6.96. The van der Waals surface area contributed by atoms with E-state index in [0.717, 1.165) is 54.1 Å². The Kier molecular flexibility index (Phi) is 7.26. The van der Waals surface area contributed by atoms with E-state index in [1.54, 1.807) is 0 Å². The predicted octanol–water partition coefficient (Wildman–Crippen LogP) is 4.76. The van der Waals surface area contributed by atoms with Gasteiger partial charge < -0.3 is 14.4 Å². The van der Waals surface area contributed by atoms with Crippen LogP contribution >= 0.6 is 0 Å². The van der Waals surface area contributed by atoms with E-state index >= 15 is 0 Å². The Morgan fingerprint density at radius 2 is 1.71 bits per heavy atom. The second-order valence-corrected chi connectivity index (χ2v) is 8.24. The number of aromatic nitrogens is 3. The van der Waals surface area contributed by atoms with Gasteiger partial charge in [-0.3, -0.25) is 9.67 Å². The zero-order valence-electron chi connectivity index (χ0n) is 20.1. The smallest absolute Gasteiger partial charge is 0.171 e. The van der Waals surface area contributed by atoms with E-state index in [0.29, 0.717) is 6.42 Å². The van der Waals surface area contributed by atoms with E-state index in [1.807, 2.05) is 35.4 Å². The van der Waals surface area contributed by atoms with Crippen molar-refractivity contribution in [2.75, 3.05) is 33.9 Å². The molecule has 4 rings (SSSR count). The highest BCUT2D eigenvalue weighted by Crippen LogP contribution is 2.37. The molecule has 0 spiro atoms. The van der Waals surface area contributed by atoms with Gasteiger partial charge in [-0.1, -0.05) is 19.9 Å². The quantitative estimate of drug-likeness (QED) is 0.429. The van der Waals surface area contributed by atoms with Crippen molar-refractivity contribution < 1.29 is 18.3 Å². The molecule has 0 aliphatic heterocycles. The summed E-state index contributed by atoms with van der Waals surface area (Å²) in [6, 6.07) is 3.25. The van der Waals surface area contributed by atoms with E-state index in [2.05, 4.69) is 28.8 Å². The van der Waals surface area contributed by atoms with Crippen LogP contribution in [-0.4, -0.2) is 53.5 Å². The van der Waals surface area contributed by atoms with Crippen LogP contribution in [0.3, 0.4) is 0 Å². The second-order valence-electron chi connectivity index (χ2n) is 8.24. The highest BCUT2D eigenvalue weighted by Gasteiger charge is 2.24. The summed E-state index contributed by atoms with van der Waals surface area (Å²) in [7, 11) is 2.70. The molecule has 180 valence electrons. The fraction of sp³-hybridized carbons (Fsp3) is 0.385. The minimum Gasteiger partial charge on any atom is -0.494 e. The number of methoxy groups -OCH3 is 2. The summed E-state index contributed by atoms with van der Waals surface area (Å²) >= 11 is 0. The van der Waals surface area contributed by atoms with Crippen LogP contribution in [0.5, 0.6) is 11.5 Å². The molecule has 1 aliphatic carbocycles. The van der Waals surface area contributed by atoms with E-state index in [4.69, 9.17) is 9.47 Å². The van der Waals surface area contributed by atoms with Crippen molar-refractivity contribution in [2.24, 2.45) is 0 Å². The van der Waals surface area contributed by atoms with Crippen LogP contribution in [0.2, 0.25) is 0 Å². The molecule has 0 unspecified atom stereocenters. The maximum atomic E-state index is 14.9. The first kappa shape index (κ1) is 23.9. The van der Waals surface area contributed by atoms with Crippen molar-refractivity contribution in [2.45, 2.75) is 33.2 Å². The third-order valence-corrected chi connectivity index (χ3v) is 6.40. The standard InChI is InChI=1S/C26H30F2N4O2/c1-5-31(6-2)9-10-32-16-19(15-30-32)18-12-20-17(7-8-22(20)29-14-18)11-21-25(27)23(33-3)13-24(34-4)26(21)28/h7,12-16H,5-6,8-11H2,1-4H3. The number of hydrogen-bond donors (Lipinski definition) is 0. The normalized spacial score (nSPS) is 12.7. The summed E-state index contributed by atoms with van der Waals surface area (Å²) < 4.78 is 42.0. The van der Waals surface area contributed by atoms with Gasteiger partial charge in [0.25, 0.3) is 0 Å². The Bertz CT molecular complexity index is 1170. The molecule has 0 amide bonds. The molecule has 8 heteroatoms. The van der Waals surface area contributed by atoms with Crippen molar-refractivity contribution in [1.29, 1.82) is 0 Å². The molecule has 0 atom stereocenters. The maximum absolute atomic E-state index is 14.9. The van der Waals surface area contributed by atoms with Gasteiger partial charge in [-0.25, -0.2) is 8.78 Å². The zero-order valence-corrected chi connectivity index (χ0v) is 20.1. The topological polar surface area (TPSA) is 52.4 Å². The molecule has 2 heterocycles. The molecule has 2 aromatic heterocycles. The molecule has 1 aliphatic rings. The fourth-order valence-electron chi connectivity index (χ4n) is 4.29. The van der Waals surface area contributed by atoms with Crippen LogP contribution in [0.15, 0.2) is 36.8 Å². The molecule has 1 aromatic carbocycles. The highest BCUT2D eigenvalue weighted by atomic mass is 19.1. The lowest BCUT2D eigenvalue weighted by Gasteiger charge is -2.17. The SMILES string of the molecule is CCN(CC)CCn1cc(-c2cnc3c(c2)C(Cc2c(F)c(OC)cc(OC)c2F)=CC3)cn1. The van der Waals surface area contributed by atoms with Crippen molar-refractivity contribution in [3.63, 3.8) is 0 Å². The lowest BCUT2D eigenvalue weighted by molar-refractivity contribution is 0.285. The molecule has 3 aromatic rings. The van der Waals surface area contributed by atoms with Gasteiger partial charge in [-0.15, -0.1) is 0 Å². The van der Waals surface area contributed by atoms with Gasteiger partial charge in [0, 0.05) is 60.1 Å². The number of likely N-dealkylation sites (N-methyl/N-ethyl adjacent to an activating group) is 1. The van der Waals surface area contributed by atoms with Crippen molar-refractivity contribution >= 4 is 5.57 Å². The molecule has 0 bridgehead atoms. The first-order chi connectivity index (χ1) is 16.5. The first-order valence-electron chi connectivity index (χ1n) is 11.5. The molecule has 6 nitrogen and oxygen atoms in total. The Morgan fingerprint density at radius 1 is 1.00 bits per heavy atom. The van der Waals surface area contributed by atoms with Crippen LogP contribution in [0.4, 0.5) is 8.78 Å². The number of benzene rings is 1. The van der Waals surface area contributed by atoms with Crippen LogP contribution < -0.4 is 9.47 Å². The molecular formula is C26H30F2N4O2. The number of halogens is 2. The minimum absolute atomic E-state index is 0.0453. The van der Waals surface area contributed by atoms with Gasteiger partial charge in [-0.2, -0.15) is 5.10 Å². The average Bonchev–Trinajstić information content (AvgIpc) is 3.49. The Hall–Kier alpha value is -3.26. The average molecular weight is 469 g/mol. The molecular weight excluding hydrogens is 438 g/mol. The number of rotatable bonds is 10. The molecule has 0 N–H and O–H groups in total.